The van der Waals surface area contributed by atoms with Crippen LogP contribution in [0.4, 0.5) is 23.7 Å². The van der Waals surface area contributed by atoms with Gasteiger partial charge in [-0.05, 0) is 47.5 Å². The van der Waals surface area contributed by atoms with Gasteiger partial charge in [0.05, 0.1) is 19.8 Å². The van der Waals surface area contributed by atoms with E-state index in [2.05, 4.69) is 15.6 Å². The van der Waals surface area contributed by atoms with E-state index in [1.165, 1.54) is 12.1 Å². The number of benzene rings is 3. The maximum Gasteiger partial charge on any atom is 0.416 e. The molecule has 1 heterocycles. The molecule has 4 rings (SSSR count). The zero-order valence-electron chi connectivity index (χ0n) is 19.1. The van der Waals surface area contributed by atoms with Crippen LogP contribution in [0.2, 0.25) is 0 Å². The topological polar surface area (TPSA) is 75.4 Å². The summed E-state index contributed by atoms with van der Waals surface area (Å²) in [5, 5.41) is 6.26. The minimum absolute atomic E-state index is 0.0482. The molecule has 0 fully saturated rings. The van der Waals surface area contributed by atoms with Crippen molar-refractivity contribution < 1.29 is 27.4 Å². The first kappa shape index (κ1) is 24.0. The number of ether oxygens (including phenoxy) is 2. The number of alkyl halides is 3. The van der Waals surface area contributed by atoms with E-state index >= 15 is 0 Å². The fourth-order valence-corrected chi connectivity index (χ4v) is 4.00. The van der Waals surface area contributed by atoms with E-state index in [1.807, 2.05) is 42.6 Å². The van der Waals surface area contributed by atoms with Crippen LogP contribution in [0.25, 0.3) is 10.9 Å². The molecule has 6 nitrogen and oxygen atoms in total. The molecule has 4 aromatic rings. The lowest BCUT2D eigenvalue weighted by Crippen LogP contribution is -2.32. The highest BCUT2D eigenvalue weighted by molar-refractivity contribution is 5.89. The van der Waals surface area contributed by atoms with Crippen LogP contribution in [0.3, 0.4) is 0 Å². The summed E-state index contributed by atoms with van der Waals surface area (Å²) < 4.78 is 49.8. The number of halogens is 3. The Hall–Kier alpha value is -4.14. The van der Waals surface area contributed by atoms with E-state index in [-0.39, 0.29) is 18.2 Å². The summed E-state index contributed by atoms with van der Waals surface area (Å²) in [5.74, 6) is 0.839. The minimum atomic E-state index is -4.50. The van der Waals surface area contributed by atoms with Gasteiger partial charge in [-0.15, -0.1) is 0 Å². The average molecular weight is 483 g/mol. The summed E-state index contributed by atoms with van der Waals surface area (Å²) in [5.41, 5.74) is 1.98. The third kappa shape index (κ3) is 5.34. The van der Waals surface area contributed by atoms with Crippen LogP contribution in [0, 0.1) is 0 Å². The largest absolute Gasteiger partial charge is 0.493 e. The zero-order chi connectivity index (χ0) is 25.0. The van der Waals surface area contributed by atoms with Gasteiger partial charge in [0.25, 0.3) is 0 Å². The number of carbonyl (C=O) groups excluding carboxylic acids is 1. The number of fused-ring (bicyclic) bond motifs is 1. The molecule has 0 aliphatic carbocycles. The molecule has 0 saturated carbocycles. The Morgan fingerprint density at radius 1 is 0.971 bits per heavy atom. The van der Waals surface area contributed by atoms with E-state index in [9.17, 15) is 18.0 Å². The first-order valence-corrected chi connectivity index (χ1v) is 10.8. The highest BCUT2D eigenvalue weighted by atomic mass is 19.4. The summed E-state index contributed by atoms with van der Waals surface area (Å²) in [6, 6.07) is 17.2. The number of hydrogen-bond donors (Lipinski definition) is 3. The molecule has 1 atom stereocenters. The van der Waals surface area contributed by atoms with Gasteiger partial charge in [0, 0.05) is 35.2 Å². The Kier molecular flexibility index (Phi) is 6.86. The Bertz CT molecular complexity index is 1330. The Balaban J connectivity index is 1.60. The van der Waals surface area contributed by atoms with Crippen molar-refractivity contribution in [1.29, 1.82) is 0 Å². The van der Waals surface area contributed by atoms with Crippen molar-refractivity contribution in [3.8, 4) is 11.5 Å². The third-order valence-electron chi connectivity index (χ3n) is 5.72. The van der Waals surface area contributed by atoms with Gasteiger partial charge in [-0.3, -0.25) is 0 Å². The summed E-state index contributed by atoms with van der Waals surface area (Å²) >= 11 is 0. The van der Waals surface area contributed by atoms with Crippen molar-refractivity contribution in [3.63, 3.8) is 0 Å². The van der Waals surface area contributed by atoms with Crippen molar-refractivity contribution in [1.82, 2.24) is 10.3 Å². The molecule has 2 amide bonds. The second-order valence-corrected chi connectivity index (χ2v) is 7.87. The number of amides is 2. The second-order valence-electron chi connectivity index (χ2n) is 7.87. The number of anilines is 1. The summed E-state index contributed by atoms with van der Waals surface area (Å²) in [6.45, 7) is 0.183. The molecule has 0 bridgehead atoms. The van der Waals surface area contributed by atoms with E-state index in [0.29, 0.717) is 11.5 Å². The predicted octanol–water partition coefficient (Wildman–Crippen LogP) is 6.16. The molecular weight excluding hydrogens is 459 g/mol. The molecule has 0 unspecified atom stereocenters. The average Bonchev–Trinajstić information content (AvgIpc) is 3.27. The number of aromatic nitrogens is 1. The number of urea groups is 1. The van der Waals surface area contributed by atoms with E-state index in [1.54, 1.807) is 20.3 Å². The molecular formula is C26H24F3N3O3. The molecule has 182 valence electrons. The van der Waals surface area contributed by atoms with Crippen LogP contribution >= 0.6 is 0 Å². The van der Waals surface area contributed by atoms with Gasteiger partial charge in [0.15, 0.2) is 11.5 Å². The molecule has 0 saturated heterocycles. The van der Waals surface area contributed by atoms with Gasteiger partial charge < -0.3 is 25.1 Å². The summed E-state index contributed by atoms with van der Waals surface area (Å²) in [6.07, 6.45) is -2.61. The van der Waals surface area contributed by atoms with Gasteiger partial charge in [-0.1, -0.05) is 30.3 Å². The Morgan fingerprint density at radius 3 is 2.49 bits per heavy atom. The lowest BCUT2D eigenvalue weighted by molar-refractivity contribution is -0.137. The molecule has 35 heavy (non-hydrogen) atoms. The Morgan fingerprint density at radius 2 is 1.74 bits per heavy atom. The van der Waals surface area contributed by atoms with Crippen LogP contribution in [0.5, 0.6) is 11.5 Å². The van der Waals surface area contributed by atoms with Gasteiger partial charge >= 0.3 is 12.2 Å². The maximum atomic E-state index is 13.0. The van der Waals surface area contributed by atoms with Crippen LogP contribution in [0.1, 0.15) is 22.6 Å². The van der Waals surface area contributed by atoms with Crippen molar-refractivity contribution in [3.05, 3.63) is 89.6 Å². The van der Waals surface area contributed by atoms with Crippen LogP contribution < -0.4 is 20.1 Å². The van der Waals surface area contributed by atoms with Gasteiger partial charge in [0.1, 0.15) is 0 Å². The van der Waals surface area contributed by atoms with E-state index < -0.39 is 17.8 Å². The second kappa shape index (κ2) is 10.0. The molecule has 0 spiro atoms. The number of hydrogen-bond acceptors (Lipinski definition) is 3. The molecule has 0 radical (unpaired) electrons. The molecule has 3 N–H and O–H groups in total. The number of aromatic amines is 1. The van der Waals surface area contributed by atoms with Gasteiger partial charge in [0.2, 0.25) is 0 Å². The smallest absolute Gasteiger partial charge is 0.416 e. The first-order chi connectivity index (χ1) is 16.8. The van der Waals surface area contributed by atoms with Gasteiger partial charge in [-0.25, -0.2) is 4.79 Å². The fraction of sp³-hybridized carbons (Fsp3) is 0.192. The normalized spacial score (nSPS) is 12.3. The van der Waals surface area contributed by atoms with Crippen molar-refractivity contribution >= 4 is 22.6 Å². The minimum Gasteiger partial charge on any atom is -0.493 e. The fourth-order valence-electron chi connectivity index (χ4n) is 4.00. The molecule has 1 aromatic heterocycles. The molecule has 0 aliphatic rings. The quantitative estimate of drug-likeness (QED) is 0.295. The molecule has 0 aliphatic heterocycles. The number of methoxy groups -OCH3 is 2. The Labute approximate surface area is 200 Å². The number of carbonyl (C=O) groups is 1. The SMILES string of the molecule is COc1ccc([C@H](CNC(=O)Nc2cccc(C(F)(F)F)c2)c2c[nH]c3ccccc23)cc1OC. The maximum absolute atomic E-state index is 13.0. The highest BCUT2D eigenvalue weighted by Gasteiger charge is 2.30. The summed E-state index contributed by atoms with van der Waals surface area (Å²) in [7, 11) is 3.09. The van der Waals surface area contributed by atoms with Crippen molar-refractivity contribution in [2.24, 2.45) is 0 Å². The molecule has 9 heteroatoms. The van der Waals surface area contributed by atoms with Crippen molar-refractivity contribution in [2.45, 2.75) is 12.1 Å². The standard InChI is InChI=1S/C26H24F3N3O3/c1-34-23-11-10-16(12-24(23)35-2)20(21-15-30-22-9-4-3-8-19(21)22)14-31-25(33)32-18-7-5-6-17(13-18)26(27,28)29/h3-13,15,20,30H,14H2,1-2H3,(H2,31,32,33)/t20-/m0/s1. The first-order valence-electron chi connectivity index (χ1n) is 10.8. The lowest BCUT2D eigenvalue weighted by atomic mass is 9.90. The lowest BCUT2D eigenvalue weighted by Gasteiger charge is -2.20. The number of nitrogens with one attached hydrogen (secondary N) is 3. The molecule has 3 aromatic carbocycles. The highest BCUT2D eigenvalue weighted by Crippen LogP contribution is 2.36. The summed E-state index contributed by atoms with van der Waals surface area (Å²) in [4.78, 5) is 15.9. The van der Waals surface area contributed by atoms with Crippen LogP contribution in [0.15, 0.2) is 72.9 Å². The van der Waals surface area contributed by atoms with Crippen LogP contribution in [-0.4, -0.2) is 31.8 Å². The van der Waals surface area contributed by atoms with Gasteiger partial charge in [-0.2, -0.15) is 13.2 Å². The zero-order valence-corrected chi connectivity index (χ0v) is 19.1. The number of para-hydroxylation sites is 1. The van der Waals surface area contributed by atoms with E-state index in [0.717, 1.165) is 34.2 Å². The van der Waals surface area contributed by atoms with E-state index in [4.69, 9.17) is 9.47 Å². The van der Waals surface area contributed by atoms with Crippen LogP contribution in [-0.2, 0) is 6.18 Å². The van der Waals surface area contributed by atoms with Crippen molar-refractivity contribution in [2.75, 3.05) is 26.1 Å². The predicted molar refractivity (Wildman–Crippen MR) is 128 cm³/mol. The third-order valence-corrected chi connectivity index (χ3v) is 5.72. The number of H-pyrrole nitrogens is 1. The monoisotopic (exact) mass is 483 g/mol. The number of rotatable bonds is 7.